The summed E-state index contributed by atoms with van der Waals surface area (Å²) in [6.07, 6.45) is 1.20. The van der Waals surface area contributed by atoms with E-state index in [-0.39, 0.29) is 22.9 Å². The first-order valence-corrected chi connectivity index (χ1v) is 7.42. The molecule has 0 atom stereocenters. The maximum Gasteiger partial charge on any atom is 0.360 e. The highest BCUT2D eigenvalue weighted by molar-refractivity contribution is 7.07. The summed E-state index contributed by atoms with van der Waals surface area (Å²) in [5.41, 5.74) is 1.38. The molecule has 0 aliphatic carbocycles. The Balaban J connectivity index is 2.20. The number of hydrogen-bond acceptors (Lipinski definition) is 11. The zero-order chi connectivity index (χ0) is 18.4. The molecule has 12 nitrogen and oxygen atoms in total. The lowest BCUT2D eigenvalue weighted by molar-refractivity contribution is -0.393. The lowest BCUT2D eigenvalue weighted by Gasteiger charge is -2.01. The minimum Gasteiger partial charge on any atom is -0.461 e. The minimum absolute atomic E-state index is 0.0319. The van der Waals surface area contributed by atoms with Gasteiger partial charge in [-0.05, 0) is 24.5 Å². The summed E-state index contributed by atoms with van der Waals surface area (Å²) >= 11 is 0.881. The van der Waals surface area contributed by atoms with Crippen molar-refractivity contribution in [2.24, 2.45) is 5.10 Å². The number of hydrazone groups is 1. The molecule has 0 aliphatic rings. The molecule has 0 amide bonds. The van der Waals surface area contributed by atoms with E-state index in [4.69, 9.17) is 4.74 Å². The van der Waals surface area contributed by atoms with Gasteiger partial charge in [0.1, 0.15) is 10.6 Å². The number of ether oxygens (including phenoxy) is 1. The molecule has 1 N–H and O–H groups in total. The van der Waals surface area contributed by atoms with Crippen molar-refractivity contribution in [1.29, 1.82) is 0 Å². The van der Waals surface area contributed by atoms with Crippen LogP contribution >= 0.6 is 11.5 Å². The van der Waals surface area contributed by atoms with Crippen molar-refractivity contribution in [1.82, 2.24) is 9.59 Å². The molecule has 0 radical (unpaired) electrons. The number of nitrogens with zero attached hydrogens (tertiary/aromatic N) is 5. The Morgan fingerprint density at radius 1 is 1.40 bits per heavy atom. The molecular weight excluding hydrogens is 356 g/mol. The van der Waals surface area contributed by atoms with Crippen LogP contribution in [-0.2, 0) is 4.74 Å². The predicted molar refractivity (Wildman–Crippen MR) is 86.8 cm³/mol. The number of aromatic nitrogens is 2. The molecule has 0 saturated heterocycles. The van der Waals surface area contributed by atoms with E-state index < -0.39 is 27.2 Å². The average Bonchev–Trinajstić information content (AvgIpc) is 3.03. The van der Waals surface area contributed by atoms with E-state index >= 15 is 0 Å². The van der Waals surface area contributed by atoms with Gasteiger partial charge < -0.3 is 4.74 Å². The second-order valence-electron chi connectivity index (χ2n) is 4.29. The number of nitrogens with one attached hydrogen (secondary N) is 1. The van der Waals surface area contributed by atoms with Crippen LogP contribution in [0.25, 0.3) is 0 Å². The van der Waals surface area contributed by atoms with Crippen LogP contribution < -0.4 is 5.43 Å². The van der Waals surface area contributed by atoms with E-state index in [1.807, 2.05) is 0 Å². The monoisotopic (exact) mass is 366 g/mol. The van der Waals surface area contributed by atoms with E-state index in [9.17, 15) is 25.0 Å². The van der Waals surface area contributed by atoms with Crippen LogP contribution in [0.15, 0.2) is 23.3 Å². The summed E-state index contributed by atoms with van der Waals surface area (Å²) in [6, 6.07) is 3.07. The Kier molecular flexibility index (Phi) is 5.62. The summed E-state index contributed by atoms with van der Waals surface area (Å²) in [5.74, 6) is -0.668. The quantitative estimate of drug-likeness (QED) is 0.334. The number of carbonyl (C=O) groups is 1. The van der Waals surface area contributed by atoms with Crippen LogP contribution in [0.2, 0.25) is 0 Å². The van der Waals surface area contributed by atoms with E-state index in [1.165, 1.54) is 6.21 Å². The van der Waals surface area contributed by atoms with Crippen molar-refractivity contribution < 1.29 is 19.4 Å². The fraction of sp³-hybridized carbons (Fsp3) is 0.167. The lowest BCUT2D eigenvalue weighted by Crippen LogP contribution is -2.07. The zero-order valence-corrected chi connectivity index (χ0v) is 13.4. The third kappa shape index (κ3) is 4.29. The van der Waals surface area contributed by atoms with Crippen LogP contribution in [0.5, 0.6) is 0 Å². The first-order chi connectivity index (χ1) is 11.9. The summed E-state index contributed by atoms with van der Waals surface area (Å²) in [7, 11) is 0. The molecule has 2 rings (SSSR count). The van der Waals surface area contributed by atoms with Crippen molar-refractivity contribution >= 4 is 40.8 Å². The summed E-state index contributed by atoms with van der Waals surface area (Å²) < 4.78 is 8.42. The fourth-order valence-corrected chi connectivity index (χ4v) is 2.18. The van der Waals surface area contributed by atoms with E-state index in [0.717, 1.165) is 29.7 Å². The van der Waals surface area contributed by atoms with Crippen LogP contribution in [-0.4, -0.2) is 38.2 Å². The van der Waals surface area contributed by atoms with Crippen LogP contribution in [0.4, 0.5) is 17.1 Å². The second-order valence-corrected chi connectivity index (χ2v) is 5.08. The van der Waals surface area contributed by atoms with Crippen molar-refractivity contribution in [3.05, 3.63) is 49.0 Å². The number of nitro groups is 2. The Hall–Kier alpha value is -3.48. The molecular formula is C12H10N6O6S. The molecule has 25 heavy (non-hydrogen) atoms. The highest BCUT2D eigenvalue weighted by Gasteiger charge is 2.19. The van der Waals surface area contributed by atoms with Gasteiger partial charge in [-0.15, -0.1) is 5.10 Å². The van der Waals surface area contributed by atoms with E-state index in [0.29, 0.717) is 0 Å². The Morgan fingerprint density at radius 3 is 2.80 bits per heavy atom. The summed E-state index contributed by atoms with van der Waals surface area (Å²) in [6.45, 7) is 1.81. The molecule has 0 unspecified atom stereocenters. The number of hydrogen-bond donors (Lipinski definition) is 1. The van der Waals surface area contributed by atoms with Gasteiger partial charge >= 0.3 is 11.7 Å². The molecule has 130 valence electrons. The number of rotatable bonds is 7. The molecule has 0 spiro atoms. The molecule has 0 fully saturated rings. The third-order valence-corrected chi connectivity index (χ3v) is 3.40. The van der Waals surface area contributed by atoms with Crippen LogP contribution in [0.3, 0.4) is 0 Å². The van der Waals surface area contributed by atoms with E-state index in [2.05, 4.69) is 20.1 Å². The van der Waals surface area contributed by atoms with Gasteiger partial charge in [0.25, 0.3) is 5.69 Å². The van der Waals surface area contributed by atoms with Crippen molar-refractivity contribution in [2.75, 3.05) is 12.0 Å². The van der Waals surface area contributed by atoms with Crippen molar-refractivity contribution in [3.8, 4) is 0 Å². The second kappa shape index (κ2) is 7.87. The molecule has 1 aromatic heterocycles. The molecule has 1 aromatic carbocycles. The molecule has 1 heterocycles. The Labute approximate surface area is 143 Å². The topological polar surface area (TPSA) is 163 Å². The van der Waals surface area contributed by atoms with Gasteiger partial charge in [0, 0.05) is 6.07 Å². The molecule has 0 bridgehead atoms. The number of anilines is 1. The zero-order valence-electron chi connectivity index (χ0n) is 12.6. The summed E-state index contributed by atoms with van der Waals surface area (Å²) in [5, 5.41) is 29.1. The number of carbonyl (C=O) groups excluding carboxylic acids is 1. The molecule has 2 aromatic rings. The average molecular weight is 366 g/mol. The largest absolute Gasteiger partial charge is 0.461 e. The Bertz CT molecular complexity index is 850. The van der Waals surface area contributed by atoms with E-state index in [1.54, 1.807) is 6.92 Å². The Morgan fingerprint density at radius 2 is 2.16 bits per heavy atom. The minimum atomic E-state index is -0.775. The normalized spacial score (nSPS) is 10.6. The SMILES string of the molecule is CCOC(=O)c1nnsc1/C=N/Nc1ccc([N+](=O)[O-])cc1[N+](=O)[O-]. The molecule has 0 saturated carbocycles. The maximum absolute atomic E-state index is 11.7. The highest BCUT2D eigenvalue weighted by atomic mass is 32.1. The van der Waals surface area contributed by atoms with Gasteiger partial charge in [-0.1, -0.05) is 4.49 Å². The molecule has 0 aliphatic heterocycles. The first-order valence-electron chi connectivity index (χ1n) is 6.65. The van der Waals surface area contributed by atoms with Crippen molar-refractivity contribution in [3.63, 3.8) is 0 Å². The third-order valence-electron chi connectivity index (χ3n) is 2.74. The number of benzene rings is 1. The smallest absolute Gasteiger partial charge is 0.360 e. The van der Waals surface area contributed by atoms with Gasteiger partial charge in [-0.3, -0.25) is 25.7 Å². The maximum atomic E-state index is 11.7. The van der Waals surface area contributed by atoms with Gasteiger partial charge in [0.2, 0.25) is 0 Å². The van der Waals surface area contributed by atoms with Gasteiger partial charge in [0.05, 0.1) is 28.7 Å². The number of esters is 1. The van der Waals surface area contributed by atoms with Gasteiger partial charge in [0.15, 0.2) is 5.69 Å². The predicted octanol–water partition coefficient (Wildman–Crippen LogP) is 1.98. The lowest BCUT2D eigenvalue weighted by atomic mass is 10.2. The first kappa shape index (κ1) is 17.9. The molecule has 13 heteroatoms. The number of nitro benzene ring substituents is 2. The standard InChI is InChI=1S/C12H10N6O6S/c1-2-24-12(19)11-10(25-16-15-11)6-13-14-8-4-3-7(17(20)21)5-9(8)18(22)23/h3-6,14H,2H2,1H3/b13-6+. The highest BCUT2D eigenvalue weighted by Crippen LogP contribution is 2.28. The van der Waals surface area contributed by atoms with Crippen LogP contribution in [0, 0.1) is 20.2 Å². The summed E-state index contributed by atoms with van der Waals surface area (Å²) in [4.78, 5) is 32.1. The van der Waals surface area contributed by atoms with Crippen molar-refractivity contribution in [2.45, 2.75) is 6.92 Å². The number of non-ortho nitro benzene ring substituents is 1. The van der Waals surface area contributed by atoms with Crippen LogP contribution in [0.1, 0.15) is 22.3 Å². The van der Waals surface area contributed by atoms with Gasteiger partial charge in [-0.25, -0.2) is 4.79 Å². The van der Waals surface area contributed by atoms with Gasteiger partial charge in [-0.2, -0.15) is 5.10 Å². The fourth-order valence-electron chi connectivity index (χ4n) is 1.66.